The van der Waals surface area contributed by atoms with Crippen LogP contribution in [0.2, 0.25) is 0 Å². The van der Waals surface area contributed by atoms with Gasteiger partial charge in [-0.15, -0.1) is 10.2 Å². The molecule has 2 aromatic rings. The molecule has 2 heterocycles. The Hall–Kier alpha value is -2.19. The van der Waals surface area contributed by atoms with Crippen molar-refractivity contribution >= 4 is 27.6 Å². The zero-order chi connectivity index (χ0) is 20.8. The summed E-state index contributed by atoms with van der Waals surface area (Å²) in [4.78, 5) is 16.9. The number of carbonyl (C=O) groups excluding carboxylic acids is 1. The normalized spacial score (nSPS) is 19.0. The molecule has 1 aromatic carbocycles. The van der Waals surface area contributed by atoms with E-state index in [1.165, 1.54) is 36.2 Å². The van der Waals surface area contributed by atoms with E-state index in [1.807, 2.05) is 0 Å². The van der Waals surface area contributed by atoms with Gasteiger partial charge in [0.1, 0.15) is 0 Å². The highest BCUT2D eigenvalue weighted by Crippen LogP contribution is 2.26. The van der Waals surface area contributed by atoms with Gasteiger partial charge >= 0.3 is 6.03 Å². The van der Waals surface area contributed by atoms with Crippen molar-refractivity contribution in [2.75, 3.05) is 42.9 Å². The number of rotatable bonds is 7. The molecule has 0 radical (unpaired) electrons. The van der Waals surface area contributed by atoms with Crippen molar-refractivity contribution in [3.8, 4) is 0 Å². The number of nitrogens with zero attached hydrogens (tertiary/aromatic N) is 4. The summed E-state index contributed by atoms with van der Waals surface area (Å²) in [6, 6.07) is 10.9. The molecule has 2 amide bonds. The van der Waals surface area contributed by atoms with E-state index in [-0.39, 0.29) is 6.03 Å². The van der Waals surface area contributed by atoms with Gasteiger partial charge in [0, 0.05) is 32.2 Å². The summed E-state index contributed by atoms with van der Waals surface area (Å²) in [7, 11) is 0. The summed E-state index contributed by atoms with van der Waals surface area (Å²) in [5, 5.41) is 15.8. The van der Waals surface area contributed by atoms with Gasteiger partial charge in [-0.2, -0.15) is 0 Å². The number of hydrogen-bond acceptors (Lipinski definition) is 6. The van der Waals surface area contributed by atoms with E-state index in [0.717, 1.165) is 50.7 Å². The van der Waals surface area contributed by atoms with E-state index in [0.29, 0.717) is 17.1 Å². The van der Waals surface area contributed by atoms with Crippen LogP contribution in [0, 0.1) is 0 Å². The van der Waals surface area contributed by atoms with Crippen LogP contribution in [0.5, 0.6) is 0 Å². The van der Waals surface area contributed by atoms with Gasteiger partial charge in [0.15, 0.2) is 0 Å². The molecule has 30 heavy (non-hydrogen) atoms. The Morgan fingerprint density at radius 3 is 2.60 bits per heavy atom. The molecular weight excluding hydrogens is 396 g/mol. The number of hydrogen-bond donors (Lipinski definition) is 2. The first-order valence-electron chi connectivity index (χ1n) is 11.1. The van der Waals surface area contributed by atoms with E-state index < -0.39 is 0 Å². The SMILES string of the molecule is CC(CCN1CCN(c2nnc(NC(=O)NC3CCCC3)s2)CC1)c1ccccc1. The maximum atomic E-state index is 12.1. The molecule has 8 heteroatoms. The molecule has 2 fully saturated rings. The number of piperazine rings is 1. The second-order valence-corrected chi connectivity index (χ2v) is 9.35. The predicted octanol–water partition coefficient (Wildman–Crippen LogP) is 3.92. The van der Waals surface area contributed by atoms with Crippen molar-refractivity contribution < 1.29 is 4.79 Å². The van der Waals surface area contributed by atoms with Gasteiger partial charge in [-0.3, -0.25) is 10.2 Å². The topological polar surface area (TPSA) is 73.4 Å². The minimum Gasteiger partial charge on any atom is -0.344 e. The van der Waals surface area contributed by atoms with Gasteiger partial charge in [0.25, 0.3) is 0 Å². The van der Waals surface area contributed by atoms with Gasteiger partial charge in [-0.1, -0.05) is 61.4 Å². The number of urea groups is 1. The van der Waals surface area contributed by atoms with Crippen molar-refractivity contribution in [2.24, 2.45) is 0 Å². The molecule has 1 atom stereocenters. The van der Waals surface area contributed by atoms with Crippen molar-refractivity contribution in [1.82, 2.24) is 20.4 Å². The maximum Gasteiger partial charge on any atom is 0.321 e. The standard InChI is InChI=1S/C22H32N6OS/c1-17(18-7-3-2-4-8-18)11-12-27-13-15-28(16-14-27)22-26-25-21(30-22)24-20(29)23-19-9-5-6-10-19/h2-4,7-8,17,19H,5-6,9-16H2,1H3,(H2,23,24,25,29). The van der Waals surface area contributed by atoms with Crippen molar-refractivity contribution in [1.29, 1.82) is 0 Å². The largest absolute Gasteiger partial charge is 0.344 e. The second kappa shape index (κ2) is 10.2. The second-order valence-electron chi connectivity index (χ2n) is 8.40. The molecule has 0 spiro atoms. The van der Waals surface area contributed by atoms with E-state index in [2.05, 4.69) is 67.9 Å². The maximum absolute atomic E-state index is 12.1. The Morgan fingerprint density at radius 2 is 1.87 bits per heavy atom. The molecule has 1 saturated carbocycles. The van der Waals surface area contributed by atoms with Gasteiger partial charge in [0.05, 0.1) is 0 Å². The zero-order valence-electron chi connectivity index (χ0n) is 17.7. The van der Waals surface area contributed by atoms with Crippen LogP contribution in [0.4, 0.5) is 15.1 Å². The first-order chi connectivity index (χ1) is 14.7. The summed E-state index contributed by atoms with van der Waals surface area (Å²) in [5.41, 5.74) is 1.42. The molecule has 1 saturated heterocycles. The highest BCUT2D eigenvalue weighted by molar-refractivity contribution is 7.19. The number of carbonyl (C=O) groups is 1. The molecule has 1 unspecified atom stereocenters. The average Bonchev–Trinajstić information content (AvgIpc) is 3.45. The highest BCUT2D eigenvalue weighted by Gasteiger charge is 2.22. The number of anilines is 2. The van der Waals surface area contributed by atoms with E-state index in [1.54, 1.807) is 0 Å². The smallest absolute Gasteiger partial charge is 0.321 e. The molecule has 4 rings (SSSR count). The lowest BCUT2D eigenvalue weighted by atomic mass is 9.97. The fourth-order valence-corrected chi connectivity index (χ4v) is 5.06. The fourth-order valence-electron chi connectivity index (χ4n) is 4.27. The molecular formula is C22H32N6OS. The average molecular weight is 429 g/mol. The molecule has 1 aromatic heterocycles. The lowest BCUT2D eigenvalue weighted by molar-refractivity contribution is 0.248. The number of amides is 2. The monoisotopic (exact) mass is 428 g/mol. The molecule has 0 bridgehead atoms. The molecule has 162 valence electrons. The molecule has 1 aliphatic heterocycles. The van der Waals surface area contributed by atoms with Crippen molar-refractivity contribution in [3.05, 3.63) is 35.9 Å². The number of benzene rings is 1. The Bertz CT molecular complexity index is 799. The van der Waals surface area contributed by atoms with Gasteiger partial charge in [-0.25, -0.2) is 4.79 Å². The third-order valence-corrected chi connectivity index (χ3v) is 7.11. The van der Waals surface area contributed by atoms with Crippen molar-refractivity contribution in [3.63, 3.8) is 0 Å². The Balaban J connectivity index is 1.19. The first-order valence-corrected chi connectivity index (χ1v) is 11.9. The van der Waals surface area contributed by atoms with E-state index >= 15 is 0 Å². The molecule has 2 aliphatic rings. The van der Waals surface area contributed by atoms with Crippen LogP contribution in [0.1, 0.15) is 50.5 Å². The lowest BCUT2D eigenvalue weighted by Gasteiger charge is -2.34. The summed E-state index contributed by atoms with van der Waals surface area (Å²) in [5.74, 6) is 0.580. The van der Waals surface area contributed by atoms with Crippen LogP contribution in [0.25, 0.3) is 0 Å². The Kier molecular flexibility index (Phi) is 7.17. The van der Waals surface area contributed by atoms with Crippen LogP contribution in [-0.4, -0.2) is 59.9 Å². The Labute approximate surface area is 182 Å². The quantitative estimate of drug-likeness (QED) is 0.699. The Morgan fingerprint density at radius 1 is 1.13 bits per heavy atom. The summed E-state index contributed by atoms with van der Waals surface area (Å²) in [6.45, 7) is 7.39. The van der Waals surface area contributed by atoms with E-state index in [4.69, 9.17) is 0 Å². The van der Waals surface area contributed by atoms with E-state index in [9.17, 15) is 4.79 Å². The van der Waals surface area contributed by atoms with Crippen LogP contribution in [0.15, 0.2) is 30.3 Å². The van der Waals surface area contributed by atoms with Crippen LogP contribution in [0.3, 0.4) is 0 Å². The van der Waals surface area contributed by atoms with Gasteiger partial charge < -0.3 is 10.2 Å². The van der Waals surface area contributed by atoms with Crippen LogP contribution in [-0.2, 0) is 0 Å². The summed E-state index contributed by atoms with van der Waals surface area (Å²) in [6.07, 6.45) is 5.72. The van der Waals surface area contributed by atoms with Crippen molar-refractivity contribution in [2.45, 2.75) is 51.0 Å². The fraction of sp³-hybridized carbons (Fsp3) is 0.591. The van der Waals surface area contributed by atoms with Gasteiger partial charge in [-0.05, 0) is 37.3 Å². The van der Waals surface area contributed by atoms with Crippen LogP contribution >= 0.6 is 11.3 Å². The van der Waals surface area contributed by atoms with Crippen LogP contribution < -0.4 is 15.5 Å². The van der Waals surface area contributed by atoms with Gasteiger partial charge in [0.2, 0.25) is 10.3 Å². The third kappa shape index (κ3) is 5.70. The molecule has 7 nitrogen and oxygen atoms in total. The summed E-state index contributed by atoms with van der Waals surface area (Å²) < 4.78 is 0. The number of aromatic nitrogens is 2. The summed E-state index contributed by atoms with van der Waals surface area (Å²) >= 11 is 1.46. The minimum atomic E-state index is -0.165. The minimum absolute atomic E-state index is 0.165. The predicted molar refractivity (Wildman–Crippen MR) is 122 cm³/mol. The zero-order valence-corrected chi connectivity index (χ0v) is 18.5. The first kappa shape index (κ1) is 21.1. The number of nitrogens with one attached hydrogen (secondary N) is 2. The highest BCUT2D eigenvalue weighted by atomic mass is 32.1. The third-order valence-electron chi connectivity index (χ3n) is 6.21. The lowest BCUT2D eigenvalue weighted by Crippen LogP contribution is -2.46. The molecule has 1 aliphatic carbocycles. The molecule has 2 N–H and O–H groups in total.